The molecule has 160 valence electrons. The maximum absolute atomic E-state index is 13.2. The summed E-state index contributed by atoms with van der Waals surface area (Å²) in [7, 11) is 0. The molecule has 1 aliphatic heterocycles. The minimum Gasteiger partial charge on any atom is -0.484 e. The highest BCUT2D eigenvalue weighted by Crippen LogP contribution is 2.27. The van der Waals surface area contributed by atoms with E-state index in [1.807, 2.05) is 12.1 Å². The second kappa shape index (κ2) is 9.18. The van der Waals surface area contributed by atoms with Gasteiger partial charge >= 0.3 is 0 Å². The molecule has 0 aliphatic carbocycles. The van der Waals surface area contributed by atoms with Crippen LogP contribution in [0.4, 0.5) is 5.69 Å². The number of hydrogen-bond acceptors (Lipinski definition) is 6. The van der Waals surface area contributed by atoms with Gasteiger partial charge < -0.3 is 14.1 Å². The van der Waals surface area contributed by atoms with E-state index < -0.39 is 23.8 Å². The molecule has 32 heavy (non-hydrogen) atoms. The first-order valence-corrected chi connectivity index (χ1v) is 9.93. The number of rotatable bonds is 7. The number of carbonyl (C=O) groups is 3. The molecule has 1 unspecified atom stereocenters. The van der Waals surface area contributed by atoms with E-state index in [-0.39, 0.29) is 19.6 Å². The molecule has 2 aromatic carbocycles. The van der Waals surface area contributed by atoms with Crippen LogP contribution in [-0.2, 0) is 20.9 Å². The lowest BCUT2D eigenvalue weighted by molar-refractivity contribution is -0.141. The molecule has 8 nitrogen and oxygen atoms in total. The number of imide groups is 1. The van der Waals surface area contributed by atoms with Gasteiger partial charge in [0, 0.05) is 0 Å². The first kappa shape index (κ1) is 20.9. The number of ether oxygens (including phenoxy) is 1. The van der Waals surface area contributed by atoms with Crippen molar-refractivity contribution in [1.82, 2.24) is 4.90 Å². The standard InChI is InChI=1S/C24H19N3O5/c25-14-17-8-10-18(11-9-17)27-22(28)13-21(24(27)30)26(15-20-7-4-12-31-20)23(29)16-32-19-5-2-1-3-6-19/h1-12,21H,13,15-16H2. The molecular formula is C24H19N3O5. The Morgan fingerprint density at radius 2 is 1.84 bits per heavy atom. The van der Waals surface area contributed by atoms with Gasteiger partial charge in [-0.2, -0.15) is 5.26 Å². The zero-order valence-electron chi connectivity index (χ0n) is 17.0. The second-order valence-electron chi connectivity index (χ2n) is 7.15. The number of amides is 3. The highest BCUT2D eigenvalue weighted by molar-refractivity contribution is 6.23. The first-order chi connectivity index (χ1) is 15.6. The molecule has 2 heterocycles. The highest BCUT2D eigenvalue weighted by atomic mass is 16.5. The summed E-state index contributed by atoms with van der Waals surface area (Å²) in [5.74, 6) is -0.384. The Morgan fingerprint density at radius 1 is 1.09 bits per heavy atom. The first-order valence-electron chi connectivity index (χ1n) is 9.93. The van der Waals surface area contributed by atoms with Gasteiger partial charge in [0.25, 0.3) is 11.8 Å². The van der Waals surface area contributed by atoms with Crippen LogP contribution in [0, 0.1) is 11.3 Å². The molecular weight excluding hydrogens is 410 g/mol. The van der Waals surface area contributed by atoms with Crippen molar-refractivity contribution in [3.8, 4) is 11.8 Å². The van der Waals surface area contributed by atoms with Gasteiger partial charge in [-0.1, -0.05) is 18.2 Å². The van der Waals surface area contributed by atoms with E-state index in [9.17, 15) is 14.4 Å². The predicted octanol–water partition coefficient (Wildman–Crippen LogP) is 2.89. The fraction of sp³-hybridized carbons (Fsp3) is 0.167. The van der Waals surface area contributed by atoms with Crippen LogP contribution in [0.25, 0.3) is 0 Å². The Morgan fingerprint density at radius 3 is 2.50 bits per heavy atom. The monoisotopic (exact) mass is 429 g/mol. The van der Waals surface area contributed by atoms with Gasteiger partial charge in [0.15, 0.2) is 6.61 Å². The summed E-state index contributed by atoms with van der Waals surface area (Å²) < 4.78 is 10.9. The topological polar surface area (TPSA) is 104 Å². The third kappa shape index (κ3) is 4.37. The average Bonchev–Trinajstić information content (AvgIpc) is 3.44. The fourth-order valence-electron chi connectivity index (χ4n) is 3.50. The summed E-state index contributed by atoms with van der Waals surface area (Å²) in [6.07, 6.45) is 1.32. The lowest BCUT2D eigenvalue weighted by Crippen LogP contribution is -2.46. The van der Waals surface area contributed by atoms with E-state index in [1.54, 1.807) is 36.4 Å². The number of nitriles is 1. The van der Waals surface area contributed by atoms with Crippen LogP contribution in [-0.4, -0.2) is 35.3 Å². The van der Waals surface area contributed by atoms with E-state index >= 15 is 0 Å². The van der Waals surface area contributed by atoms with Gasteiger partial charge in [0.05, 0.1) is 36.5 Å². The lowest BCUT2D eigenvalue weighted by Gasteiger charge is -2.27. The molecule has 0 saturated carbocycles. The Hall–Kier alpha value is -4.38. The van der Waals surface area contributed by atoms with Crippen LogP contribution < -0.4 is 9.64 Å². The van der Waals surface area contributed by atoms with Crippen molar-refractivity contribution in [2.45, 2.75) is 19.0 Å². The summed E-state index contributed by atoms with van der Waals surface area (Å²) >= 11 is 0. The molecule has 1 saturated heterocycles. The minimum absolute atomic E-state index is 0.0227. The molecule has 0 bridgehead atoms. The fourth-order valence-corrected chi connectivity index (χ4v) is 3.50. The maximum atomic E-state index is 13.2. The predicted molar refractivity (Wildman–Crippen MR) is 113 cm³/mol. The molecule has 0 spiro atoms. The Kier molecular flexibility index (Phi) is 5.99. The Bertz CT molecular complexity index is 1150. The van der Waals surface area contributed by atoms with E-state index in [1.165, 1.54) is 35.4 Å². The number of hydrogen-bond donors (Lipinski definition) is 0. The normalized spacial score (nSPS) is 15.5. The van der Waals surface area contributed by atoms with Gasteiger partial charge in [0.1, 0.15) is 17.6 Å². The SMILES string of the molecule is N#Cc1ccc(N2C(=O)CC(N(Cc3ccco3)C(=O)COc3ccccc3)C2=O)cc1. The Balaban J connectivity index is 1.56. The molecule has 1 fully saturated rings. The number of benzene rings is 2. The summed E-state index contributed by atoms with van der Waals surface area (Å²) in [6.45, 7) is -0.269. The molecule has 8 heteroatoms. The van der Waals surface area contributed by atoms with Crippen LogP contribution >= 0.6 is 0 Å². The average molecular weight is 429 g/mol. The number of carbonyl (C=O) groups excluding carboxylic acids is 3. The van der Waals surface area contributed by atoms with Crippen LogP contribution in [0.2, 0.25) is 0 Å². The quantitative estimate of drug-likeness (QED) is 0.535. The summed E-state index contributed by atoms with van der Waals surface area (Å²) in [6, 6.07) is 19.4. The summed E-state index contributed by atoms with van der Waals surface area (Å²) in [5, 5.41) is 8.97. The minimum atomic E-state index is -0.991. The third-order valence-corrected chi connectivity index (χ3v) is 5.09. The zero-order chi connectivity index (χ0) is 22.5. The molecule has 1 aliphatic rings. The largest absolute Gasteiger partial charge is 0.484 e. The molecule has 1 aromatic heterocycles. The van der Waals surface area contributed by atoms with E-state index in [0.717, 1.165) is 4.90 Å². The van der Waals surface area contributed by atoms with Crippen molar-refractivity contribution in [3.63, 3.8) is 0 Å². The van der Waals surface area contributed by atoms with Crippen molar-refractivity contribution in [2.75, 3.05) is 11.5 Å². The van der Waals surface area contributed by atoms with Crippen LogP contribution in [0.5, 0.6) is 5.75 Å². The maximum Gasteiger partial charge on any atom is 0.261 e. The van der Waals surface area contributed by atoms with Gasteiger partial charge in [-0.3, -0.25) is 14.4 Å². The number of para-hydroxylation sites is 1. The highest BCUT2D eigenvalue weighted by Gasteiger charge is 2.44. The van der Waals surface area contributed by atoms with Crippen molar-refractivity contribution in [2.24, 2.45) is 0 Å². The molecule has 0 radical (unpaired) electrons. The van der Waals surface area contributed by atoms with Gasteiger partial charge in [-0.25, -0.2) is 4.90 Å². The van der Waals surface area contributed by atoms with Crippen molar-refractivity contribution < 1.29 is 23.5 Å². The van der Waals surface area contributed by atoms with Crippen LogP contribution in [0.15, 0.2) is 77.4 Å². The van der Waals surface area contributed by atoms with Crippen molar-refractivity contribution in [1.29, 1.82) is 5.26 Å². The summed E-state index contributed by atoms with van der Waals surface area (Å²) in [4.78, 5) is 41.3. The smallest absolute Gasteiger partial charge is 0.261 e. The number of nitrogens with zero attached hydrogens (tertiary/aromatic N) is 3. The summed E-state index contributed by atoms with van der Waals surface area (Å²) in [5.41, 5.74) is 0.768. The Labute approximate surface area is 184 Å². The lowest BCUT2D eigenvalue weighted by atomic mass is 10.2. The molecule has 1 atom stereocenters. The van der Waals surface area contributed by atoms with E-state index in [2.05, 4.69) is 0 Å². The number of anilines is 1. The molecule has 3 amide bonds. The molecule has 3 aromatic rings. The molecule has 0 N–H and O–H groups in total. The van der Waals surface area contributed by atoms with E-state index in [0.29, 0.717) is 22.8 Å². The van der Waals surface area contributed by atoms with Gasteiger partial charge in [-0.05, 0) is 48.5 Å². The van der Waals surface area contributed by atoms with Gasteiger partial charge in [-0.15, -0.1) is 0 Å². The van der Waals surface area contributed by atoms with Crippen LogP contribution in [0.3, 0.4) is 0 Å². The van der Waals surface area contributed by atoms with Crippen molar-refractivity contribution >= 4 is 23.4 Å². The second-order valence-corrected chi connectivity index (χ2v) is 7.15. The van der Waals surface area contributed by atoms with E-state index in [4.69, 9.17) is 14.4 Å². The van der Waals surface area contributed by atoms with Crippen LogP contribution in [0.1, 0.15) is 17.7 Å². The number of furan rings is 1. The zero-order valence-corrected chi connectivity index (χ0v) is 17.0. The molecule has 4 rings (SSSR count). The van der Waals surface area contributed by atoms with Crippen molar-refractivity contribution in [3.05, 3.63) is 84.3 Å². The third-order valence-electron chi connectivity index (χ3n) is 5.09. The van der Waals surface area contributed by atoms with Gasteiger partial charge in [0.2, 0.25) is 5.91 Å².